The standard InChI is InChI=1S/C13H13N3O2S/c1-8-7-10(15-9(2)17)3-4-11(8)12(18)16-13-14-5-6-19-13/h3-7H,1-2H3,(H,15,17)(H,14,16,18). The monoisotopic (exact) mass is 275 g/mol. The zero-order valence-electron chi connectivity index (χ0n) is 10.6. The van der Waals surface area contributed by atoms with Crippen LogP contribution in [0.15, 0.2) is 29.8 Å². The van der Waals surface area contributed by atoms with Crippen LogP contribution in [0, 0.1) is 6.92 Å². The third-order valence-electron chi connectivity index (χ3n) is 2.44. The van der Waals surface area contributed by atoms with E-state index < -0.39 is 0 Å². The summed E-state index contributed by atoms with van der Waals surface area (Å²) in [6, 6.07) is 5.15. The minimum Gasteiger partial charge on any atom is -0.326 e. The molecule has 0 spiro atoms. The number of carbonyl (C=O) groups is 2. The van der Waals surface area contributed by atoms with E-state index in [9.17, 15) is 9.59 Å². The molecule has 2 N–H and O–H groups in total. The highest BCUT2D eigenvalue weighted by Gasteiger charge is 2.11. The van der Waals surface area contributed by atoms with Gasteiger partial charge >= 0.3 is 0 Å². The summed E-state index contributed by atoms with van der Waals surface area (Å²) < 4.78 is 0. The Morgan fingerprint density at radius 3 is 2.63 bits per heavy atom. The molecular formula is C13H13N3O2S. The van der Waals surface area contributed by atoms with Gasteiger partial charge in [-0.3, -0.25) is 14.9 Å². The zero-order valence-corrected chi connectivity index (χ0v) is 11.4. The lowest BCUT2D eigenvalue weighted by atomic mass is 10.1. The summed E-state index contributed by atoms with van der Waals surface area (Å²) in [5.74, 6) is -0.346. The maximum atomic E-state index is 12.0. The molecule has 0 atom stereocenters. The fourth-order valence-corrected chi connectivity index (χ4v) is 2.17. The Morgan fingerprint density at radius 2 is 2.05 bits per heavy atom. The normalized spacial score (nSPS) is 10.0. The molecule has 0 aliphatic carbocycles. The highest BCUT2D eigenvalue weighted by Crippen LogP contribution is 2.18. The molecule has 1 aromatic heterocycles. The lowest BCUT2D eigenvalue weighted by Gasteiger charge is -2.08. The largest absolute Gasteiger partial charge is 0.326 e. The number of benzene rings is 1. The molecule has 0 bridgehead atoms. The predicted molar refractivity (Wildman–Crippen MR) is 75.5 cm³/mol. The van der Waals surface area contributed by atoms with Crippen LogP contribution in [0.5, 0.6) is 0 Å². The number of thiazole rings is 1. The summed E-state index contributed by atoms with van der Waals surface area (Å²) in [6.45, 7) is 3.26. The minimum absolute atomic E-state index is 0.139. The third-order valence-corrected chi connectivity index (χ3v) is 3.13. The molecule has 1 heterocycles. The molecule has 0 aliphatic rings. The summed E-state index contributed by atoms with van der Waals surface area (Å²) in [5.41, 5.74) is 2.03. The number of hydrogen-bond acceptors (Lipinski definition) is 4. The van der Waals surface area contributed by atoms with Crippen molar-refractivity contribution in [3.8, 4) is 0 Å². The van der Waals surface area contributed by atoms with Gasteiger partial charge < -0.3 is 5.32 Å². The fourth-order valence-electron chi connectivity index (χ4n) is 1.65. The molecule has 0 radical (unpaired) electrons. The molecule has 98 valence electrons. The SMILES string of the molecule is CC(=O)Nc1ccc(C(=O)Nc2nccs2)c(C)c1. The van der Waals surface area contributed by atoms with Gasteiger partial charge in [0, 0.05) is 29.8 Å². The number of rotatable bonds is 3. The van der Waals surface area contributed by atoms with Gasteiger partial charge in [0.1, 0.15) is 0 Å². The lowest BCUT2D eigenvalue weighted by molar-refractivity contribution is -0.114. The molecule has 0 saturated carbocycles. The average molecular weight is 275 g/mol. The second-order valence-electron chi connectivity index (χ2n) is 4.00. The van der Waals surface area contributed by atoms with Crippen molar-refractivity contribution < 1.29 is 9.59 Å². The van der Waals surface area contributed by atoms with Crippen LogP contribution in [0.1, 0.15) is 22.8 Å². The van der Waals surface area contributed by atoms with Crippen molar-refractivity contribution in [1.82, 2.24) is 4.98 Å². The first-order valence-corrected chi connectivity index (χ1v) is 6.53. The number of nitrogens with zero attached hydrogens (tertiary/aromatic N) is 1. The molecule has 2 aromatic rings. The van der Waals surface area contributed by atoms with E-state index in [-0.39, 0.29) is 11.8 Å². The average Bonchev–Trinajstić information content (AvgIpc) is 2.80. The van der Waals surface area contributed by atoms with E-state index in [0.717, 1.165) is 5.56 Å². The molecule has 2 amide bonds. The number of hydrogen-bond donors (Lipinski definition) is 2. The van der Waals surface area contributed by atoms with Gasteiger partial charge in [0.25, 0.3) is 5.91 Å². The Morgan fingerprint density at radius 1 is 1.26 bits per heavy atom. The van der Waals surface area contributed by atoms with Crippen molar-refractivity contribution in [2.24, 2.45) is 0 Å². The highest BCUT2D eigenvalue weighted by atomic mass is 32.1. The first-order valence-electron chi connectivity index (χ1n) is 5.65. The second-order valence-corrected chi connectivity index (χ2v) is 4.90. The van der Waals surface area contributed by atoms with Crippen molar-refractivity contribution in [3.63, 3.8) is 0 Å². The van der Waals surface area contributed by atoms with E-state index in [0.29, 0.717) is 16.4 Å². The second kappa shape index (κ2) is 5.62. The van der Waals surface area contributed by atoms with E-state index in [1.54, 1.807) is 29.8 Å². The Labute approximate surface area is 114 Å². The summed E-state index contributed by atoms with van der Waals surface area (Å²) in [6.07, 6.45) is 1.63. The minimum atomic E-state index is -0.207. The van der Waals surface area contributed by atoms with Crippen LogP contribution >= 0.6 is 11.3 Å². The molecule has 0 unspecified atom stereocenters. The maximum absolute atomic E-state index is 12.0. The fraction of sp³-hybridized carbons (Fsp3) is 0.154. The Balaban J connectivity index is 2.16. The number of nitrogens with one attached hydrogen (secondary N) is 2. The molecular weight excluding hydrogens is 262 g/mol. The van der Waals surface area contributed by atoms with Gasteiger partial charge in [-0.15, -0.1) is 11.3 Å². The van der Waals surface area contributed by atoms with Crippen LogP contribution in [-0.2, 0) is 4.79 Å². The van der Waals surface area contributed by atoms with Crippen molar-refractivity contribution in [2.75, 3.05) is 10.6 Å². The first-order chi connectivity index (χ1) is 9.06. The summed E-state index contributed by atoms with van der Waals surface area (Å²) in [4.78, 5) is 27.0. The Bertz CT molecular complexity index is 608. The smallest absolute Gasteiger partial charge is 0.257 e. The van der Waals surface area contributed by atoms with Gasteiger partial charge in [-0.25, -0.2) is 4.98 Å². The van der Waals surface area contributed by atoms with Crippen LogP contribution in [0.2, 0.25) is 0 Å². The van der Waals surface area contributed by atoms with E-state index >= 15 is 0 Å². The molecule has 0 saturated heterocycles. The van der Waals surface area contributed by atoms with E-state index in [1.165, 1.54) is 18.3 Å². The van der Waals surface area contributed by atoms with E-state index in [2.05, 4.69) is 15.6 Å². The summed E-state index contributed by atoms with van der Waals surface area (Å²) >= 11 is 1.36. The molecule has 2 rings (SSSR count). The quantitative estimate of drug-likeness (QED) is 0.904. The van der Waals surface area contributed by atoms with Crippen molar-refractivity contribution >= 4 is 34.0 Å². The molecule has 5 nitrogen and oxygen atoms in total. The number of carbonyl (C=O) groups excluding carboxylic acids is 2. The molecule has 6 heteroatoms. The van der Waals surface area contributed by atoms with Crippen LogP contribution in [0.3, 0.4) is 0 Å². The lowest BCUT2D eigenvalue weighted by Crippen LogP contribution is -2.14. The maximum Gasteiger partial charge on any atom is 0.257 e. The van der Waals surface area contributed by atoms with Gasteiger partial charge in [0.15, 0.2) is 5.13 Å². The van der Waals surface area contributed by atoms with Gasteiger partial charge in [-0.1, -0.05) is 0 Å². The number of anilines is 2. The summed E-state index contributed by atoms with van der Waals surface area (Å²) in [7, 11) is 0. The number of amides is 2. The van der Waals surface area contributed by atoms with E-state index in [4.69, 9.17) is 0 Å². The van der Waals surface area contributed by atoms with Gasteiger partial charge in [-0.05, 0) is 30.7 Å². The third kappa shape index (κ3) is 3.38. The van der Waals surface area contributed by atoms with Crippen LogP contribution < -0.4 is 10.6 Å². The Hall–Kier alpha value is -2.21. The van der Waals surface area contributed by atoms with Crippen LogP contribution in [0.25, 0.3) is 0 Å². The molecule has 0 aliphatic heterocycles. The van der Waals surface area contributed by atoms with Gasteiger partial charge in [-0.2, -0.15) is 0 Å². The first kappa shape index (κ1) is 13.2. The topological polar surface area (TPSA) is 71.1 Å². The van der Waals surface area contributed by atoms with Crippen molar-refractivity contribution in [2.45, 2.75) is 13.8 Å². The van der Waals surface area contributed by atoms with Crippen molar-refractivity contribution in [3.05, 3.63) is 40.9 Å². The van der Waals surface area contributed by atoms with Crippen LogP contribution in [0.4, 0.5) is 10.8 Å². The number of aryl methyl sites for hydroxylation is 1. The molecule has 19 heavy (non-hydrogen) atoms. The highest BCUT2D eigenvalue weighted by molar-refractivity contribution is 7.13. The van der Waals surface area contributed by atoms with Gasteiger partial charge in [0.2, 0.25) is 5.91 Å². The van der Waals surface area contributed by atoms with E-state index in [1.807, 2.05) is 6.92 Å². The van der Waals surface area contributed by atoms with Crippen molar-refractivity contribution in [1.29, 1.82) is 0 Å². The van der Waals surface area contributed by atoms with Gasteiger partial charge in [0.05, 0.1) is 0 Å². The summed E-state index contributed by atoms with van der Waals surface area (Å²) in [5, 5.41) is 7.76. The number of aromatic nitrogens is 1. The zero-order chi connectivity index (χ0) is 13.8. The molecule has 1 aromatic carbocycles. The predicted octanol–water partition coefficient (Wildman–Crippen LogP) is 2.66. The molecule has 0 fully saturated rings. The Kier molecular flexibility index (Phi) is 3.91. The van der Waals surface area contributed by atoms with Crippen LogP contribution in [-0.4, -0.2) is 16.8 Å².